The number of aryl methyl sites for hydroxylation is 2. The van der Waals surface area contributed by atoms with Crippen LogP contribution in [0.5, 0.6) is 0 Å². The molecule has 0 aliphatic rings. The molecule has 22 heavy (non-hydrogen) atoms. The predicted molar refractivity (Wildman–Crippen MR) is 94.2 cm³/mol. The normalized spacial score (nSPS) is 11.3. The Bertz CT molecular complexity index is 561. The van der Waals surface area contributed by atoms with Crippen molar-refractivity contribution in [2.45, 2.75) is 47.0 Å². The lowest BCUT2D eigenvalue weighted by Crippen LogP contribution is -2.27. The Balaban J connectivity index is 2.09. The largest absolute Gasteiger partial charge is 0.303 e. The number of aromatic amines is 1. The minimum atomic E-state index is 1.08. The van der Waals surface area contributed by atoms with E-state index in [1.165, 1.54) is 42.6 Å². The number of nitrogens with zero attached hydrogens (tertiary/aromatic N) is 2. The zero-order chi connectivity index (χ0) is 15.9. The molecule has 0 aliphatic carbocycles. The van der Waals surface area contributed by atoms with E-state index in [2.05, 4.69) is 67.1 Å². The lowest BCUT2D eigenvalue weighted by molar-refractivity contribution is 0.278. The van der Waals surface area contributed by atoms with E-state index in [1.807, 2.05) is 0 Å². The summed E-state index contributed by atoms with van der Waals surface area (Å²) in [7, 11) is 0. The summed E-state index contributed by atoms with van der Waals surface area (Å²) in [6.45, 7) is 12.2. The van der Waals surface area contributed by atoms with E-state index in [0.29, 0.717) is 0 Å². The summed E-state index contributed by atoms with van der Waals surface area (Å²) in [5, 5.41) is 7.39. The number of rotatable bonds is 8. The zero-order valence-corrected chi connectivity index (χ0v) is 14.4. The molecule has 0 bridgehead atoms. The van der Waals surface area contributed by atoms with Gasteiger partial charge in [-0.3, -0.25) is 5.10 Å². The Morgan fingerprint density at radius 3 is 2.36 bits per heavy atom. The summed E-state index contributed by atoms with van der Waals surface area (Å²) in [6.07, 6.45) is 3.57. The number of nitrogens with one attached hydrogen (secondary N) is 1. The number of benzene rings is 1. The molecule has 0 spiro atoms. The van der Waals surface area contributed by atoms with Crippen LogP contribution < -0.4 is 0 Å². The lowest BCUT2D eigenvalue weighted by Gasteiger charge is -2.21. The number of hydrogen-bond donors (Lipinski definition) is 1. The molecule has 120 valence electrons. The average molecular weight is 299 g/mol. The molecular weight excluding hydrogens is 270 g/mol. The van der Waals surface area contributed by atoms with Gasteiger partial charge in [-0.15, -0.1) is 0 Å². The highest BCUT2D eigenvalue weighted by atomic mass is 15.1. The van der Waals surface area contributed by atoms with Crippen LogP contribution in [0.4, 0.5) is 0 Å². The molecule has 3 nitrogen and oxygen atoms in total. The molecule has 0 fully saturated rings. The standard InChI is InChI=1S/C19H29N3/c1-5-11-22(12-6-2)13-10-17-8-7-9-18(14-17)19-15(3)20-21-16(19)4/h7-9,14H,5-6,10-13H2,1-4H3,(H,20,21). The fourth-order valence-corrected chi connectivity index (χ4v) is 3.11. The van der Waals surface area contributed by atoms with Crippen molar-refractivity contribution in [3.8, 4) is 11.1 Å². The van der Waals surface area contributed by atoms with Crippen LogP contribution in [-0.4, -0.2) is 34.7 Å². The first kappa shape index (κ1) is 16.8. The van der Waals surface area contributed by atoms with Crippen LogP contribution >= 0.6 is 0 Å². The van der Waals surface area contributed by atoms with Crippen molar-refractivity contribution in [3.05, 3.63) is 41.2 Å². The first-order chi connectivity index (χ1) is 10.7. The van der Waals surface area contributed by atoms with Crippen molar-refractivity contribution in [1.29, 1.82) is 0 Å². The van der Waals surface area contributed by atoms with Gasteiger partial charge < -0.3 is 4.90 Å². The number of H-pyrrole nitrogens is 1. The Labute approximate surface area is 134 Å². The Hall–Kier alpha value is -1.61. The van der Waals surface area contributed by atoms with Gasteiger partial charge in [-0.25, -0.2) is 0 Å². The second kappa shape index (κ2) is 8.14. The summed E-state index contributed by atoms with van der Waals surface area (Å²) in [6, 6.07) is 8.91. The molecular formula is C19H29N3. The maximum absolute atomic E-state index is 4.31. The van der Waals surface area contributed by atoms with Crippen molar-refractivity contribution in [1.82, 2.24) is 15.1 Å². The first-order valence-corrected chi connectivity index (χ1v) is 8.49. The third-order valence-electron chi connectivity index (χ3n) is 4.14. The molecule has 0 saturated carbocycles. The fraction of sp³-hybridized carbons (Fsp3) is 0.526. The maximum Gasteiger partial charge on any atom is 0.0672 e. The van der Waals surface area contributed by atoms with Gasteiger partial charge >= 0.3 is 0 Å². The molecule has 1 aromatic heterocycles. The summed E-state index contributed by atoms with van der Waals surface area (Å²) in [5.74, 6) is 0. The van der Waals surface area contributed by atoms with Crippen LogP contribution in [0.15, 0.2) is 24.3 Å². The minimum Gasteiger partial charge on any atom is -0.303 e. The van der Waals surface area contributed by atoms with E-state index in [9.17, 15) is 0 Å². The SMILES string of the molecule is CCCN(CCC)CCc1cccc(-c2c(C)n[nH]c2C)c1. The summed E-state index contributed by atoms with van der Waals surface area (Å²) in [5.41, 5.74) is 6.16. The highest BCUT2D eigenvalue weighted by Crippen LogP contribution is 2.26. The predicted octanol–water partition coefficient (Wildman–Crippen LogP) is 4.36. The Kier molecular flexibility index (Phi) is 6.20. The van der Waals surface area contributed by atoms with E-state index >= 15 is 0 Å². The molecule has 0 atom stereocenters. The molecule has 0 unspecified atom stereocenters. The van der Waals surface area contributed by atoms with E-state index < -0.39 is 0 Å². The Morgan fingerprint density at radius 2 is 1.77 bits per heavy atom. The van der Waals surface area contributed by atoms with Crippen molar-refractivity contribution < 1.29 is 0 Å². The maximum atomic E-state index is 4.31. The van der Waals surface area contributed by atoms with Gasteiger partial charge in [-0.05, 0) is 57.3 Å². The van der Waals surface area contributed by atoms with Crippen molar-refractivity contribution in [2.24, 2.45) is 0 Å². The van der Waals surface area contributed by atoms with Crippen LogP contribution in [0.2, 0.25) is 0 Å². The molecule has 0 aliphatic heterocycles. The van der Waals surface area contributed by atoms with Gasteiger partial charge in [-0.2, -0.15) is 5.10 Å². The van der Waals surface area contributed by atoms with Gasteiger partial charge in [0.05, 0.1) is 5.69 Å². The summed E-state index contributed by atoms with van der Waals surface area (Å²) >= 11 is 0. The third kappa shape index (κ3) is 4.20. The van der Waals surface area contributed by atoms with Gasteiger partial charge in [0.1, 0.15) is 0 Å². The van der Waals surface area contributed by atoms with Crippen LogP contribution in [0.3, 0.4) is 0 Å². The quantitative estimate of drug-likeness (QED) is 0.785. The number of hydrogen-bond acceptors (Lipinski definition) is 2. The molecule has 0 amide bonds. The van der Waals surface area contributed by atoms with Crippen molar-refractivity contribution >= 4 is 0 Å². The van der Waals surface area contributed by atoms with Crippen molar-refractivity contribution in [3.63, 3.8) is 0 Å². The summed E-state index contributed by atoms with van der Waals surface area (Å²) < 4.78 is 0. The smallest absolute Gasteiger partial charge is 0.0672 e. The first-order valence-electron chi connectivity index (χ1n) is 8.49. The molecule has 3 heteroatoms. The zero-order valence-electron chi connectivity index (χ0n) is 14.4. The van der Waals surface area contributed by atoms with Crippen molar-refractivity contribution in [2.75, 3.05) is 19.6 Å². The van der Waals surface area contributed by atoms with Crippen LogP contribution in [0, 0.1) is 13.8 Å². The second-order valence-corrected chi connectivity index (χ2v) is 6.10. The molecule has 1 aromatic carbocycles. The van der Waals surface area contributed by atoms with E-state index in [0.717, 1.165) is 24.4 Å². The molecule has 1 heterocycles. The van der Waals surface area contributed by atoms with Crippen LogP contribution in [-0.2, 0) is 6.42 Å². The van der Waals surface area contributed by atoms with Gasteiger partial charge in [0, 0.05) is 17.8 Å². The third-order valence-corrected chi connectivity index (χ3v) is 4.14. The number of aromatic nitrogens is 2. The van der Waals surface area contributed by atoms with Gasteiger partial charge in [0.15, 0.2) is 0 Å². The van der Waals surface area contributed by atoms with E-state index in [-0.39, 0.29) is 0 Å². The van der Waals surface area contributed by atoms with Crippen LogP contribution in [0.25, 0.3) is 11.1 Å². The average Bonchev–Trinajstić information content (AvgIpc) is 2.85. The van der Waals surface area contributed by atoms with Gasteiger partial charge in [0.2, 0.25) is 0 Å². The Morgan fingerprint density at radius 1 is 1.05 bits per heavy atom. The molecule has 0 saturated heterocycles. The van der Waals surface area contributed by atoms with Gasteiger partial charge in [0.25, 0.3) is 0 Å². The highest BCUT2D eigenvalue weighted by Gasteiger charge is 2.10. The fourth-order valence-electron chi connectivity index (χ4n) is 3.11. The molecule has 2 rings (SSSR count). The van der Waals surface area contributed by atoms with E-state index in [1.54, 1.807) is 0 Å². The molecule has 2 aromatic rings. The molecule has 0 radical (unpaired) electrons. The monoisotopic (exact) mass is 299 g/mol. The topological polar surface area (TPSA) is 31.9 Å². The lowest BCUT2D eigenvalue weighted by atomic mass is 10.0. The van der Waals surface area contributed by atoms with E-state index in [4.69, 9.17) is 0 Å². The summed E-state index contributed by atoms with van der Waals surface area (Å²) in [4.78, 5) is 2.57. The molecule has 1 N–H and O–H groups in total. The highest BCUT2D eigenvalue weighted by molar-refractivity contribution is 5.68. The minimum absolute atomic E-state index is 1.08. The second-order valence-electron chi connectivity index (χ2n) is 6.10. The van der Waals surface area contributed by atoms with Gasteiger partial charge in [-0.1, -0.05) is 38.1 Å². The van der Waals surface area contributed by atoms with Crippen LogP contribution in [0.1, 0.15) is 43.6 Å².